The van der Waals surface area contributed by atoms with Gasteiger partial charge in [0.05, 0.1) is 18.1 Å². The second-order valence-electron chi connectivity index (χ2n) is 6.27. The van der Waals surface area contributed by atoms with Gasteiger partial charge in [-0.2, -0.15) is 4.31 Å². The first-order chi connectivity index (χ1) is 13.1. The molecule has 0 amide bonds. The van der Waals surface area contributed by atoms with Crippen molar-refractivity contribution in [2.75, 3.05) is 26.3 Å². The summed E-state index contributed by atoms with van der Waals surface area (Å²) in [5.41, 5.74) is 2.28. The molecule has 8 heteroatoms. The van der Waals surface area contributed by atoms with E-state index in [4.69, 9.17) is 9.15 Å². The van der Waals surface area contributed by atoms with Gasteiger partial charge in [0, 0.05) is 24.2 Å². The number of hydrogen-bond acceptors (Lipinski definition) is 6. The maximum absolute atomic E-state index is 12.9. The molecule has 1 aromatic heterocycles. The highest BCUT2D eigenvalue weighted by Gasteiger charge is 2.27. The second kappa shape index (κ2) is 7.22. The van der Waals surface area contributed by atoms with Crippen molar-refractivity contribution in [2.45, 2.75) is 11.8 Å². The molecule has 27 heavy (non-hydrogen) atoms. The zero-order chi connectivity index (χ0) is 18.9. The zero-order valence-corrected chi connectivity index (χ0v) is 15.6. The van der Waals surface area contributed by atoms with E-state index in [1.807, 2.05) is 37.3 Å². The Labute approximate surface area is 157 Å². The van der Waals surface area contributed by atoms with Crippen LogP contribution in [0, 0.1) is 6.92 Å². The quantitative estimate of drug-likeness (QED) is 0.686. The molecule has 0 bridgehead atoms. The van der Waals surface area contributed by atoms with E-state index in [0.29, 0.717) is 43.6 Å². The number of ether oxygens (including phenoxy) is 1. The maximum Gasteiger partial charge on any atom is 0.248 e. The van der Waals surface area contributed by atoms with Crippen LogP contribution in [-0.2, 0) is 14.8 Å². The average molecular weight is 385 g/mol. The van der Waals surface area contributed by atoms with Crippen LogP contribution in [0.5, 0.6) is 0 Å². The fourth-order valence-corrected chi connectivity index (χ4v) is 4.39. The van der Waals surface area contributed by atoms with Gasteiger partial charge in [-0.1, -0.05) is 24.3 Å². The average Bonchev–Trinajstić information content (AvgIpc) is 3.19. The lowest BCUT2D eigenvalue weighted by atomic mass is 10.1. The predicted molar refractivity (Wildman–Crippen MR) is 99.5 cm³/mol. The van der Waals surface area contributed by atoms with Crippen LogP contribution in [0.15, 0.2) is 57.8 Å². The molecule has 7 nitrogen and oxygen atoms in total. The minimum Gasteiger partial charge on any atom is -0.416 e. The lowest BCUT2D eigenvalue weighted by molar-refractivity contribution is 0.0730. The van der Waals surface area contributed by atoms with E-state index in [0.717, 1.165) is 11.1 Å². The summed E-state index contributed by atoms with van der Waals surface area (Å²) in [5.74, 6) is 0.692. The smallest absolute Gasteiger partial charge is 0.248 e. The molecule has 2 aromatic carbocycles. The van der Waals surface area contributed by atoms with Crippen molar-refractivity contribution in [3.63, 3.8) is 0 Å². The summed E-state index contributed by atoms with van der Waals surface area (Å²) < 4.78 is 38.3. The highest BCUT2D eigenvalue weighted by Crippen LogP contribution is 2.29. The Kier molecular flexibility index (Phi) is 4.77. The van der Waals surface area contributed by atoms with Crippen molar-refractivity contribution in [2.24, 2.45) is 0 Å². The van der Waals surface area contributed by atoms with Crippen LogP contribution in [0.3, 0.4) is 0 Å². The Morgan fingerprint density at radius 3 is 2.41 bits per heavy atom. The van der Waals surface area contributed by atoms with Gasteiger partial charge in [0.15, 0.2) is 0 Å². The number of morpholine rings is 1. The van der Waals surface area contributed by atoms with Crippen LogP contribution in [0.25, 0.3) is 22.9 Å². The molecule has 140 valence electrons. The molecule has 1 fully saturated rings. The lowest BCUT2D eigenvalue weighted by Crippen LogP contribution is -2.40. The van der Waals surface area contributed by atoms with Crippen molar-refractivity contribution in [1.29, 1.82) is 0 Å². The summed E-state index contributed by atoms with van der Waals surface area (Å²) in [6, 6.07) is 14.4. The largest absolute Gasteiger partial charge is 0.416 e. The second-order valence-corrected chi connectivity index (χ2v) is 8.21. The van der Waals surface area contributed by atoms with Crippen molar-refractivity contribution in [3.05, 3.63) is 54.1 Å². The number of aromatic nitrogens is 2. The molecule has 1 saturated heterocycles. The van der Waals surface area contributed by atoms with E-state index in [2.05, 4.69) is 10.2 Å². The third-order valence-corrected chi connectivity index (χ3v) is 6.39. The van der Waals surface area contributed by atoms with Gasteiger partial charge >= 0.3 is 0 Å². The molecule has 0 atom stereocenters. The zero-order valence-electron chi connectivity index (χ0n) is 14.8. The standard InChI is InChI=1S/C19H19N3O4S/c1-14-7-8-16(27(23,24)22-9-11-25-12-10-22)13-17(14)19-21-20-18(26-19)15-5-3-2-4-6-15/h2-8,13H,9-12H2,1H3. The Bertz CT molecular complexity index is 1040. The monoisotopic (exact) mass is 385 g/mol. The highest BCUT2D eigenvalue weighted by molar-refractivity contribution is 7.89. The summed E-state index contributed by atoms with van der Waals surface area (Å²) in [6.45, 7) is 3.39. The van der Waals surface area contributed by atoms with Gasteiger partial charge in [0.2, 0.25) is 21.8 Å². The van der Waals surface area contributed by atoms with Gasteiger partial charge in [-0.15, -0.1) is 10.2 Å². The fraction of sp³-hybridized carbons (Fsp3) is 0.263. The summed E-state index contributed by atoms with van der Waals surface area (Å²) in [7, 11) is -3.59. The first-order valence-electron chi connectivity index (χ1n) is 8.63. The van der Waals surface area contributed by atoms with Crippen LogP contribution >= 0.6 is 0 Å². The molecule has 4 rings (SSSR count). The summed E-state index contributed by atoms with van der Waals surface area (Å²) in [4.78, 5) is 0.212. The predicted octanol–water partition coefficient (Wildman–Crippen LogP) is 2.73. The minimum atomic E-state index is -3.59. The number of sulfonamides is 1. The summed E-state index contributed by atoms with van der Waals surface area (Å²) in [5, 5.41) is 8.21. The Hall–Kier alpha value is -2.55. The third-order valence-electron chi connectivity index (χ3n) is 4.49. The number of hydrogen-bond donors (Lipinski definition) is 0. The molecule has 2 heterocycles. The normalized spacial score (nSPS) is 15.7. The lowest BCUT2D eigenvalue weighted by Gasteiger charge is -2.26. The van der Waals surface area contributed by atoms with Crippen molar-refractivity contribution >= 4 is 10.0 Å². The molecule has 0 unspecified atom stereocenters. The molecular formula is C19H19N3O4S. The molecule has 0 aliphatic carbocycles. The topological polar surface area (TPSA) is 85.5 Å². The van der Waals surface area contributed by atoms with Crippen LogP contribution in [-0.4, -0.2) is 49.2 Å². The van der Waals surface area contributed by atoms with E-state index >= 15 is 0 Å². The van der Waals surface area contributed by atoms with Crippen molar-refractivity contribution in [1.82, 2.24) is 14.5 Å². The van der Waals surface area contributed by atoms with E-state index in [1.54, 1.807) is 18.2 Å². The van der Waals surface area contributed by atoms with Gasteiger partial charge < -0.3 is 9.15 Å². The molecule has 0 radical (unpaired) electrons. The van der Waals surface area contributed by atoms with Gasteiger partial charge in [-0.25, -0.2) is 8.42 Å². The fourth-order valence-electron chi connectivity index (χ4n) is 2.96. The van der Waals surface area contributed by atoms with Gasteiger partial charge in [0.1, 0.15) is 0 Å². The van der Waals surface area contributed by atoms with Crippen LogP contribution < -0.4 is 0 Å². The molecule has 0 saturated carbocycles. The third kappa shape index (κ3) is 3.51. The number of benzene rings is 2. The van der Waals surface area contributed by atoms with Crippen LogP contribution in [0.4, 0.5) is 0 Å². The molecule has 1 aliphatic heterocycles. The van der Waals surface area contributed by atoms with Crippen LogP contribution in [0.2, 0.25) is 0 Å². The van der Waals surface area contributed by atoms with E-state index in [1.165, 1.54) is 4.31 Å². The molecule has 0 spiro atoms. The van der Waals surface area contributed by atoms with E-state index in [-0.39, 0.29) is 4.90 Å². The van der Waals surface area contributed by atoms with E-state index < -0.39 is 10.0 Å². The van der Waals surface area contributed by atoms with Gasteiger partial charge in [0.25, 0.3) is 0 Å². The molecule has 0 N–H and O–H groups in total. The number of nitrogens with zero attached hydrogens (tertiary/aromatic N) is 3. The first kappa shape index (κ1) is 17.8. The summed E-state index contributed by atoms with van der Waals surface area (Å²) in [6.07, 6.45) is 0. The molecular weight excluding hydrogens is 366 g/mol. The number of rotatable bonds is 4. The maximum atomic E-state index is 12.9. The summed E-state index contributed by atoms with van der Waals surface area (Å²) >= 11 is 0. The Morgan fingerprint density at radius 1 is 0.963 bits per heavy atom. The highest BCUT2D eigenvalue weighted by atomic mass is 32.2. The van der Waals surface area contributed by atoms with Crippen molar-refractivity contribution < 1.29 is 17.6 Å². The molecule has 3 aromatic rings. The number of aryl methyl sites for hydroxylation is 1. The van der Waals surface area contributed by atoms with Gasteiger partial charge in [-0.3, -0.25) is 0 Å². The van der Waals surface area contributed by atoms with Crippen LogP contribution in [0.1, 0.15) is 5.56 Å². The SMILES string of the molecule is Cc1ccc(S(=O)(=O)N2CCOCC2)cc1-c1nnc(-c2ccccc2)o1. The molecule has 1 aliphatic rings. The Morgan fingerprint density at radius 2 is 1.67 bits per heavy atom. The van der Waals surface area contributed by atoms with E-state index in [9.17, 15) is 8.42 Å². The Balaban J connectivity index is 1.70. The van der Waals surface area contributed by atoms with Crippen molar-refractivity contribution in [3.8, 4) is 22.9 Å². The van der Waals surface area contributed by atoms with Gasteiger partial charge in [-0.05, 0) is 36.8 Å². The first-order valence-corrected chi connectivity index (χ1v) is 10.1. The minimum absolute atomic E-state index is 0.212.